The molecule has 0 unspecified atom stereocenters. The number of nitrogens with zero attached hydrogens (tertiary/aromatic N) is 4. The lowest BCUT2D eigenvalue weighted by atomic mass is 10.0. The van der Waals surface area contributed by atoms with Crippen LogP contribution in [-0.4, -0.2) is 50.8 Å². The molecule has 1 amide bonds. The molecule has 1 aromatic heterocycles. The average Bonchev–Trinajstić information content (AvgIpc) is 2.98. The highest BCUT2D eigenvalue weighted by atomic mass is 32.2. The van der Waals surface area contributed by atoms with Crippen molar-refractivity contribution in [1.82, 2.24) is 9.47 Å². The molecule has 0 aromatic carbocycles. The summed E-state index contributed by atoms with van der Waals surface area (Å²) in [5.41, 5.74) is 1.19. The molecule has 3 heterocycles. The third kappa shape index (κ3) is 4.46. The molecule has 1 aromatic rings. The first kappa shape index (κ1) is 22.9. The number of thiocarbonyl (C=S) groups is 1. The van der Waals surface area contributed by atoms with Crippen molar-refractivity contribution in [3.8, 4) is 6.07 Å². The van der Waals surface area contributed by atoms with Gasteiger partial charge < -0.3 is 4.90 Å². The number of hydrogen-bond donors (Lipinski definition) is 0. The second-order valence-corrected chi connectivity index (χ2v) is 10.7. The standard InChI is InChI=1S/C21H26N4O2S3/c1-13(2)5-6-25-20(27)17(30-21(25)28)11-15-14(3)16(12-22)19(26)23(4)18(15)24-7-9-29-10-8-24/h11,13H,5-10H2,1-4H3/b17-11+. The fourth-order valence-corrected chi connectivity index (χ4v) is 5.77. The quantitative estimate of drug-likeness (QED) is 0.491. The summed E-state index contributed by atoms with van der Waals surface area (Å²) >= 11 is 8.63. The topological polar surface area (TPSA) is 69.3 Å². The first-order valence-corrected chi connectivity index (χ1v) is 12.4. The van der Waals surface area contributed by atoms with Crippen molar-refractivity contribution in [2.24, 2.45) is 13.0 Å². The molecule has 0 spiro atoms. The predicted molar refractivity (Wildman–Crippen MR) is 130 cm³/mol. The van der Waals surface area contributed by atoms with Crippen LogP contribution in [0.3, 0.4) is 0 Å². The molecule has 2 aliphatic rings. The van der Waals surface area contributed by atoms with Crippen LogP contribution in [0.25, 0.3) is 6.08 Å². The first-order chi connectivity index (χ1) is 14.3. The molecule has 0 bridgehead atoms. The lowest BCUT2D eigenvalue weighted by molar-refractivity contribution is -0.122. The number of hydrogen-bond acceptors (Lipinski definition) is 7. The van der Waals surface area contributed by atoms with Gasteiger partial charge in [-0.25, -0.2) is 0 Å². The van der Waals surface area contributed by atoms with E-state index in [0.717, 1.165) is 42.4 Å². The number of thioether (sulfide) groups is 2. The summed E-state index contributed by atoms with van der Waals surface area (Å²) in [6.45, 7) is 8.26. The monoisotopic (exact) mass is 462 g/mol. The minimum atomic E-state index is -0.301. The maximum Gasteiger partial charge on any atom is 0.270 e. The minimum Gasteiger partial charge on any atom is -0.356 e. The lowest BCUT2D eigenvalue weighted by Gasteiger charge is -2.32. The zero-order chi connectivity index (χ0) is 22.0. The summed E-state index contributed by atoms with van der Waals surface area (Å²) in [5, 5.41) is 9.57. The molecule has 3 rings (SSSR count). The van der Waals surface area contributed by atoms with Crippen LogP contribution in [0, 0.1) is 24.2 Å². The molecular formula is C21H26N4O2S3. The third-order valence-corrected chi connectivity index (χ3v) is 7.68. The van der Waals surface area contributed by atoms with E-state index in [0.29, 0.717) is 27.3 Å². The average molecular weight is 463 g/mol. The van der Waals surface area contributed by atoms with E-state index in [1.54, 1.807) is 23.4 Å². The van der Waals surface area contributed by atoms with Crippen LogP contribution in [0.2, 0.25) is 0 Å². The van der Waals surface area contributed by atoms with Gasteiger partial charge in [-0.15, -0.1) is 0 Å². The Morgan fingerprint density at radius 1 is 1.27 bits per heavy atom. The smallest absolute Gasteiger partial charge is 0.270 e. The maximum atomic E-state index is 13.0. The Bertz CT molecular complexity index is 1000. The lowest BCUT2D eigenvalue weighted by Crippen LogP contribution is -2.38. The molecule has 0 radical (unpaired) electrons. The Balaban J connectivity index is 2.10. The van der Waals surface area contributed by atoms with Gasteiger partial charge in [0.15, 0.2) is 0 Å². The zero-order valence-electron chi connectivity index (χ0n) is 17.7. The molecular weight excluding hydrogens is 436 g/mol. The largest absolute Gasteiger partial charge is 0.356 e. The molecule has 30 heavy (non-hydrogen) atoms. The Labute approximate surface area is 191 Å². The molecule has 0 aliphatic carbocycles. The number of nitriles is 1. The van der Waals surface area contributed by atoms with Crippen molar-refractivity contribution in [1.29, 1.82) is 5.26 Å². The van der Waals surface area contributed by atoms with Crippen molar-refractivity contribution in [3.05, 3.63) is 31.9 Å². The summed E-state index contributed by atoms with van der Waals surface area (Å²) in [7, 11) is 1.70. The van der Waals surface area contributed by atoms with E-state index in [4.69, 9.17) is 12.2 Å². The van der Waals surface area contributed by atoms with Crippen molar-refractivity contribution >= 4 is 57.9 Å². The van der Waals surface area contributed by atoms with Gasteiger partial charge in [0.25, 0.3) is 11.5 Å². The minimum absolute atomic E-state index is 0.0995. The van der Waals surface area contributed by atoms with Crippen LogP contribution < -0.4 is 10.5 Å². The highest BCUT2D eigenvalue weighted by molar-refractivity contribution is 8.26. The van der Waals surface area contributed by atoms with Gasteiger partial charge in [0.2, 0.25) is 0 Å². The Kier molecular flexibility index (Phi) is 7.32. The number of aromatic nitrogens is 1. The van der Waals surface area contributed by atoms with Crippen LogP contribution in [0.5, 0.6) is 0 Å². The van der Waals surface area contributed by atoms with E-state index in [9.17, 15) is 14.9 Å². The number of pyridine rings is 1. The Morgan fingerprint density at radius 2 is 1.93 bits per heavy atom. The normalized spacial score (nSPS) is 18.6. The highest BCUT2D eigenvalue weighted by Crippen LogP contribution is 2.36. The molecule has 2 fully saturated rings. The van der Waals surface area contributed by atoms with E-state index in [1.165, 1.54) is 11.8 Å². The summed E-state index contributed by atoms with van der Waals surface area (Å²) in [4.78, 5) is 30.2. The van der Waals surface area contributed by atoms with Crippen molar-refractivity contribution in [3.63, 3.8) is 0 Å². The maximum absolute atomic E-state index is 13.0. The SMILES string of the molecule is Cc1c(/C=C2/SC(=S)N(CCC(C)C)C2=O)c(N2CCSCC2)n(C)c(=O)c1C#N. The van der Waals surface area contributed by atoms with Crippen LogP contribution >= 0.6 is 35.7 Å². The number of carbonyl (C=O) groups excluding carboxylic acids is 1. The van der Waals surface area contributed by atoms with Gasteiger partial charge in [-0.05, 0) is 30.9 Å². The van der Waals surface area contributed by atoms with E-state index in [2.05, 4.69) is 18.7 Å². The van der Waals surface area contributed by atoms with Gasteiger partial charge >= 0.3 is 0 Å². The molecule has 6 nitrogen and oxygen atoms in total. The Morgan fingerprint density at radius 3 is 2.53 bits per heavy atom. The van der Waals surface area contributed by atoms with Gasteiger partial charge in [-0.2, -0.15) is 17.0 Å². The second kappa shape index (κ2) is 9.58. The van der Waals surface area contributed by atoms with Crippen LogP contribution in [-0.2, 0) is 11.8 Å². The molecule has 0 saturated carbocycles. The molecule has 0 atom stereocenters. The number of anilines is 1. The van der Waals surface area contributed by atoms with Gasteiger partial charge in [-0.1, -0.05) is 37.8 Å². The molecule has 160 valence electrons. The van der Waals surface area contributed by atoms with Crippen molar-refractivity contribution in [2.45, 2.75) is 27.2 Å². The summed E-state index contributed by atoms with van der Waals surface area (Å²) in [6.07, 6.45) is 2.70. The first-order valence-electron chi connectivity index (χ1n) is 9.98. The summed E-state index contributed by atoms with van der Waals surface area (Å²) < 4.78 is 2.11. The number of carbonyl (C=O) groups is 1. The van der Waals surface area contributed by atoms with Gasteiger partial charge in [0.05, 0.1) is 4.91 Å². The van der Waals surface area contributed by atoms with E-state index >= 15 is 0 Å². The summed E-state index contributed by atoms with van der Waals surface area (Å²) in [5.74, 6) is 3.10. The van der Waals surface area contributed by atoms with Crippen LogP contribution in [0.15, 0.2) is 9.70 Å². The van der Waals surface area contributed by atoms with E-state index in [-0.39, 0.29) is 17.0 Å². The zero-order valence-corrected chi connectivity index (χ0v) is 20.2. The number of amides is 1. The van der Waals surface area contributed by atoms with E-state index in [1.807, 2.05) is 23.9 Å². The summed E-state index contributed by atoms with van der Waals surface area (Å²) in [6, 6.07) is 2.05. The molecule has 9 heteroatoms. The fraction of sp³-hybridized carbons (Fsp3) is 0.524. The molecule has 2 aliphatic heterocycles. The predicted octanol–water partition coefficient (Wildman–Crippen LogP) is 3.37. The fourth-order valence-electron chi connectivity index (χ4n) is 3.58. The Hall–Kier alpha value is -1.76. The molecule has 2 saturated heterocycles. The second-order valence-electron chi connectivity index (χ2n) is 7.83. The van der Waals surface area contributed by atoms with Crippen molar-refractivity contribution < 1.29 is 4.79 Å². The van der Waals surface area contributed by atoms with Crippen LogP contribution in [0.1, 0.15) is 37.0 Å². The third-order valence-electron chi connectivity index (χ3n) is 5.36. The van der Waals surface area contributed by atoms with Gasteiger partial charge in [-0.3, -0.25) is 19.1 Å². The van der Waals surface area contributed by atoms with Crippen LogP contribution in [0.4, 0.5) is 5.82 Å². The highest BCUT2D eigenvalue weighted by Gasteiger charge is 2.33. The molecule has 0 N–H and O–H groups in total. The van der Waals surface area contributed by atoms with E-state index < -0.39 is 0 Å². The van der Waals surface area contributed by atoms with Crippen molar-refractivity contribution in [2.75, 3.05) is 36.0 Å². The van der Waals surface area contributed by atoms with Gasteiger partial charge in [0, 0.05) is 43.8 Å². The number of rotatable bonds is 5. The van der Waals surface area contributed by atoms with Gasteiger partial charge in [0.1, 0.15) is 21.8 Å².